The second-order valence-electron chi connectivity index (χ2n) is 5.46. The molecule has 0 amide bonds. The number of thiazole rings is 1. The molecule has 4 heteroatoms. The van der Waals surface area contributed by atoms with Gasteiger partial charge in [-0.05, 0) is 31.4 Å². The topological polar surface area (TPSA) is 38.1 Å². The van der Waals surface area contributed by atoms with Crippen LogP contribution in [0.2, 0.25) is 0 Å². The molecule has 0 saturated carbocycles. The lowest BCUT2D eigenvalue weighted by molar-refractivity contribution is 0.474. The second-order valence-corrected chi connectivity index (χ2v) is 6.54. The van der Waals surface area contributed by atoms with Crippen LogP contribution in [0.1, 0.15) is 43.2 Å². The zero-order chi connectivity index (χ0) is 13.2. The number of hydrogen-bond donors (Lipinski definition) is 1. The van der Waals surface area contributed by atoms with Crippen molar-refractivity contribution in [2.75, 3.05) is 6.54 Å². The lowest BCUT2D eigenvalue weighted by Gasteiger charge is -2.22. The molecule has 0 fully saturated rings. The van der Waals surface area contributed by atoms with Crippen LogP contribution in [0.25, 0.3) is 10.8 Å². The Labute approximate surface area is 118 Å². The van der Waals surface area contributed by atoms with E-state index in [0.29, 0.717) is 12.0 Å². The third-order valence-corrected chi connectivity index (χ3v) is 4.72. The first-order valence-corrected chi connectivity index (χ1v) is 7.82. The smallest absolute Gasteiger partial charge is 0.162 e. The largest absolute Gasteiger partial charge is 0.462 e. The van der Waals surface area contributed by atoms with Crippen LogP contribution in [0.15, 0.2) is 22.8 Å². The number of hydrogen-bond acceptors (Lipinski definition) is 4. The van der Waals surface area contributed by atoms with Crippen molar-refractivity contribution in [2.24, 2.45) is 0 Å². The first-order valence-electron chi connectivity index (χ1n) is 7.01. The molecule has 0 aliphatic heterocycles. The van der Waals surface area contributed by atoms with E-state index < -0.39 is 0 Å². The van der Waals surface area contributed by atoms with E-state index in [2.05, 4.69) is 19.2 Å². The van der Waals surface area contributed by atoms with Crippen molar-refractivity contribution in [3.05, 3.63) is 29.0 Å². The minimum Gasteiger partial charge on any atom is -0.462 e. The minimum absolute atomic E-state index is 0.536. The van der Waals surface area contributed by atoms with Crippen molar-refractivity contribution >= 4 is 11.3 Å². The average Bonchev–Trinajstić information content (AvgIpc) is 3.04. The summed E-state index contributed by atoms with van der Waals surface area (Å²) in [7, 11) is 0. The predicted molar refractivity (Wildman–Crippen MR) is 78.6 cm³/mol. The highest BCUT2D eigenvalue weighted by Gasteiger charge is 2.25. The van der Waals surface area contributed by atoms with Crippen LogP contribution in [0.4, 0.5) is 0 Å². The summed E-state index contributed by atoms with van der Waals surface area (Å²) in [6.07, 6.45) is 5.41. The second kappa shape index (κ2) is 5.47. The molecule has 0 spiro atoms. The maximum Gasteiger partial charge on any atom is 0.162 e. The van der Waals surface area contributed by atoms with Gasteiger partial charge in [-0.2, -0.15) is 0 Å². The van der Waals surface area contributed by atoms with Crippen LogP contribution in [0, 0.1) is 0 Å². The number of fused-ring (bicyclic) bond motifs is 1. The van der Waals surface area contributed by atoms with Crippen molar-refractivity contribution in [2.45, 2.75) is 45.1 Å². The van der Waals surface area contributed by atoms with E-state index in [1.807, 2.05) is 12.1 Å². The zero-order valence-electron chi connectivity index (χ0n) is 11.5. The van der Waals surface area contributed by atoms with Gasteiger partial charge in [0.2, 0.25) is 0 Å². The van der Waals surface area contributed by atoms with Gasteiger partial charge in [-0.1, -0.05) is 13.8 Å². The van der Waals surface area contributed by atoms with E-state index in [0.717, 1.165) is 17.3 Å². The first kappa shape index (κ1) is 12.9. The Morgan fingerprint density at radius 2 is 2.42 bits per heavy atom. The number of nitrogens with one attached hydrogen (secondary N) is 1. The van der Waals surface area contributed by atoms with E-state index in [4.69, 9.17) is 9.40 Å². The van der Waals surface area contributed by atoms with Crippen LogP contribution in [-0.2, 0) is 6.42 Å². The van der Waals surface area contributed by atoms with Crippen LogP contribution in [0.3, 0.4) is 0 Å². The van der Waals surface area contributed by atoms with E-state index in [1.165, 1.54) is 29.8 Å². The molecule has 1 unspecified atom stereocenters. The molecule has 102 valence electrons. The van der Waals surface area contributed by atoms with Gasteiger partial charge in [0.15, 0.2) is 10.8 Å². The third-order valence-electron chi connectivity index (χ3n) is 3.58. The summed E-state index contributed by atoms with van der Waals surface area (Å²) in [5.74, 6) is 1.46. The molecule has 19 heavy (non-hydrogen) atoms. The van der Waals surface area contributed by atoms with E-state index >= 15 is 0 Å². The summed E-state index contributed by atoms with van der Waals surface area (Å²) < 4.78 is 5.46. The van der Waals surface area contributed by atoms with Crippen LogP contribution >= 0.6 is 11.3 Å². The molecule has 0 bridgehead atoms. The van der Waals surface area contributed by atoms with Crippen LogP contribution in [-0.4, -0.2) is 17.6 Å². The molecule has 0 radical (unpaired) electrons. The molecule has 1 N–H and O–H groups in total. The average molecular weight is 276 g/mol. The fraction of sp³-hybridized carbons (Fsp3) is 0.533. The molecule has 2 heterocycles. The molecular weight excluding hydrogens is 256 g/mol. The molecule has 0 saturated heterocycles. The van der Waals surface area contributed by atoms with Gasteiger partial charge in [-0.25, -0.2) is 4.98 Å². The molecule has 2 aromatic rings. The van der Waals surface area contributed by atoms with Gasteiger partial charge >= 0.3 is 0 Å². The summed E-state index contributed by atoms with van der Waals surface area (Å²) in [6, 6.07) is 4.45. The van der Waals surface area contributed by atoms with E-state index in [9.17, 15) is 0 Å². The highest BCUT2D eigenvalue weighted by molar-refractivity contribution is 7.15. The van der Waals surface area contributed by atoms with Gasteiger partial charge in [0, 0.05) is 23.4 Å². The SMILES string of the molecule is CC(C)NCC1CCCc2sc(-c3ccco3)nc21. The molecule has 1 aliphatic carbocycles. The first-order chi connectivity index (χ1) is 9.24. The molecule has 3 nitrogen and oxygen atoms in total. The van der Waals surface area contributed by atoms with Gasteiger partial charge in [-0.3, -0.25) is 0 Å². The lowest BCUT2D eigenvalue weighted by atomic mass is 9.91. The maximum absolute atomic E-state index is 5.46. The van der Waals surface area contributed by atoms with E-state index in [-0.39, 0.29) is 0 Å². The van der Waals surface area contributed by atoms with Crippen molar-refractivity contribution in [1.82, 2.24) is 10.3 Å². The number of nitrogens with zero attached hydrogens (tertiary/aromatic N) is 1. The molecule has 1 aliphatic rings. The Hall–Kier alpha value is -1.13. The summed E-state index contributed by atoms with van der Waals surface area (Å²) >= 11 is 1.80. The Kier molecular flexibility index (Phi) is 3.71. The summed E-state index contributed by atoms with van der Waals surface area (Å²) in [4.78, 5) is 6.29. The fourth-order valence-electron chi connectivity index (χ4n) is 2.59. The standard InChI is InChI=1S/C15H20N2OS/c1-10(2)16-9-11-5-3-7-13-14(11)17-15(19-13)12-6-4-8-18-12/h4,6,8,10-11,16H,3,5,7,9H2,1-2H3. The summed E-state index contributed by atoms with van der Waals surface area (Å²) in [6.45, 7) is 5.42. The number of aryl methyl sites for hydroxylation is 1. The van der Waals surface area contributed by atoms with E-state index in [1.54, 1.807) is 17.6 Å². The van der Waals surface area contributed by atoms with Crippen molar-refractivity contribution in [3.63, 3.8) is 0 Å². The van der Waals surface area contributed by atoms with Gasteiger partial charge in [0.25, 0.3) is 0 Å². The third kappa shape index (κ3) is 2.74. The Morgan fingerprint density at radius 3 is 3.16 bits per heavy atom. The van der Waals surface area contributed by atoms with Gasteiger partial charge < -0.3 is 9.73 Å². The minimum atomic E-state index is 0.536. The number of rotatable bonds is 4. The van der Waals surface area contributed by atoms with Crippen molar-refractivity contribution in [3.8, 4) is 10.8 Å². The lowest BCUT2D eigenvalue weighted by Crippen LogP contribution is -2.29. The molecular formula is C15H20N2OS. The zero-order valence-corrected chi connectivity index (χ0v) is 12.3. The monoisotopic (exact) mass is 276 g/mol. The number of furan rings is 1. The Balaban J connectivity index is 1.83. The highest BCUT2D eigenvalue weighted by Crippen LogP contribution is 2.38. The summed E-state index contributed by atoms with van der Waals surface area (Å²) in [5.41, 5.74) is 1.30. The molecule has 3 rings (SSSR count). The van der Waals surface area contributed by atoms with Gasteiger partial charge in [0.05, 0.1) is 12.0 Å². The Morgan fingerprint density at radius 1 is 1.53 bits per heavy atom. The van der Waals surface area contributed by atoms with Crippen molar-refractivity contribution < 1.29 is 4.42 Å². The molecule has 1 atom stereocenters. The maximum atomic E-state index is 5.46. The number of aromatic nitrogens is 1. The summed E-state index contributed by atoms with van der Waals surface area (Å²) in [5, 5.41) is 4.58. The van der Waals surface area contributed by atoms with Gasteiger partial charge in [0.1, 0.15) is 0 Å². The van der Waals surface area contributed by atoms with Crippen LogP contribution in [0.5, 0.6) is 0 Å². The fourth-order valence-corrected chi connectivity index (χ4v) is 3.75. The highest BCUT2D eigenvalue weighted by atomic mass is 32.1. The van der Waals surface area contributed by atoms with Crippen molar-refractivity contribution in [1.29, 1.82) is 0 Å². The quantitative estimate of drug-likeness (QED) is 0.922. The predicted octanol–water partition coefficient (Wildman–Crippen LogP) is 3.82. The molecule has 2 aromatic heterocycles. The Bertz CT molecular complexity index is 530. The van der Waals surface area contributed by atoms with Crippen LogP contribution < -0.4 is 5.32 Å². The van der Waals surface area contributed by atoms with Gasteiger partial charge in [-0.15, -0.1) is 11.3 Å². The molecule has 0 aromatic carbocycles. The normalized spacial score (nSPS) is 18.8.